The molecule has 0 aliphatic heterocycles. The highest BCUT2D eigenvalue weighted by molar-refractivity contribution is 6.45. The SMILES string of the molecule is CCOC(=O)c1cnc2c(Cl)c(Cl)ccc2c1NN. The van der Waals surface area contributed by atoms with Crippen molar-refractivity contribution in [3.8, 4) is 0 Å². The Labute approximate surface area is 119 Å². The minimum absolute atomic E-state index is 0.246. The monoisotopic (exact) mass is 299 g/mol. The number of nitrogens with zero attached hydrogens (tertiary/aromatic N) is 1. The summed E-state index contributed by atoms with van der Waals surface area (Å²) in [6.07, 6.45) is 1.36. The van der Waals surface area contributed by atoms with Crippen molar-refractivity contribution in [3.63, 3.8) is 0 Å². The van der Waals surface area contributed by atoms with E-state index in [2.05, 4.69) is 10.4 Å². The highest BCUT2D eigenvalue weighted by Gasteiger charge is 2.17. The Hall–Kier alpha value is -1.56. The van der Waals surface area contributed by atoms with E-state index < -0.39 is 5.97 Å². The van der Waals surface area contributed by atoms with Crippen molar-refractivity contribution in [3.05, 3.63) is 33.9 Å². The van der Waals surface area contributed by atoms with Crippen molar-refractivity contribution < 1.29 is 9.53 Å². The molecular weight excluding hydrogens is 289 g/mol. The van der Waals surface area contributed by atoms with Gasteiger partial charge in [0.2, 0.25) is 0 Å². The third kappa shape index (κ3) is 2.45. The molecule has 0 aliphatic carbocycles. The number of esters is 1. The first-order valence-electron chi connectivity index (χ1n) is 5.50. The van der Waals surface area contributed by atoms with Crippen LogP contribution in [0.25, 0.3) is 10.9 Å². The fourth-order valence-electron chi connectivity index (χ4n) is 1.73. The largest absolute Gasteiger partial charge is 0.462 e. The van der Waals surface area contributed by atoms with E-state index in [-0.39, 0.29) is 12.2 Å². The smallest absolute Gasteiger partial charge is 0.341 e. The number of carbonyl (C=O) groups is 1. The lowest BCUT2D eigenvalue weighted by Gasteiger charge is -2.12. The van der Waals surface area contributed by atoms with Gasteiger partial charge in [0.05, 0.1) is 27.9 Å². The van der Waals surface area contributed by atoms with Crippen LogP contribution < -0.4 is 11.3 Å². The van der Waals surface area contributed by atoms with Gasteiger partial charge in [-0.1, -0.05) is 23.2 Å². The summed E-state index contributed by atoms with van der Waals surface area (Å²) in [6, 6.07) is 3.30. The molecule has 0 atom stereocenters. The summed E-state index contributed by atoms with van der Waals surface area (Å²) in [5.74, 6) is 4.97. The highest BCUT2D eigenvalue weighted by Crippen LogP contribution is 2.34. The first kappa shape index (κ1) is 13.9. The van der Waals surface area contributed by atoms with Gasteiger partial charge in [0.25, 0.3) is 0 Å². The molecule has 1 aromatic carbocycles. The lowest BCUT2D eigenvalue weighted by Crippen LogP contribution is -2.15. The molecule has 5 nitrogen and oxygen atoms in total. The average Bonchev–Trinajstić information content (AvgIpc) is 2.41. The minimum atomic E-state index is -0.504. The van der Waals surface area contributed by atoms with Gasteiger partial charge in [0.15, 0.2) is 0 Å². The number of halogens is 2. The van der Waals surface area contributed by atoms with Crippen LogP contribution in [0.4, 0.5) is 5.69 Å². The third-order valence-electron chi connectivity index (χ3n) is 2.57. The maximum atomic E-state index is 11.8. The number of hydrogen-bond acceptors (Lipinski definition) is 5. The molecule has 0 spiro atoms. The fraction of sp³-hybridized carbons (Fsp3) is 0.167. The summed E-state index contributed by atoms with van der Waals surface area (Å²) < 4.78 is 4.94. The van der Waals surface area contributed by atoms with Crippen LogP contribution in [0.5, 0.6) is 0 Å². The molecule has 2 aromatic rings. The van der Waals surface area contributed by atoms with Gasteiger partial charge in [-0.25, -0.2) is 4.79 Å². The average molecular weight is 300 g/mol. The van der Waals surface area contributed by atoms with Crippen molar-refractivity contribution >= 4 is 45.8 Å². The standard InChI is InChI=1S/C12H11Cl2N3O2/c1-2-19-12(18)7-5-16-11-6(10(7)17-15)3-4-8(13)9(11)14/h3-5H,2,15H2,1H3,(H,16,17). The molecule has 7 heteroatoms. The number of hydrogen-bond donors (Lipinski definition) is 2. The number of nitrogen functional groups attached to an aromatic ring is 1. The quantitative estimate of drug-likeness (QED) is 0.517. The summed E-state index contributed by atoms with van der Waals surface area (Å²) in [5, 5.41) is 1.29. The van der Waals surface area contributed by atoms with E-state index in [0.29, 0.717) is 26.6 Å². The number of nitrogens with two attached hydrogens (primary N) is 1. The van der Waals surface area contributed by atoms with Gasteiger partial charge in [-0.2, -0.15) is 0 Å². The molecule has 0 aliphatic rings. The summed E-state index contributed by atoms with van der Waals surface area (Å²) in [4.78, 5) is 15.9. The number of rotatable bonds is 3. The number of benzene rings is 1. The van der Waals surface area contributed by atoms with Crippen LogP contribution >= 0.6 is 23.2 Å². The first-order chi connectivity index (χ1) is 9.10. The molecule has 0 bridgehead atoms. The van der Waals surface area contributed by atoms with Crippen LogP contribution in [-0.4, -0.2) is 17.6 Å². The topological polar surface area (TPSA) is 77.2 Å². The van der Waals surface area contributed by atoms with Gasteiger partial charge in [-0.3, -0.25) is 10.8 Å². The molecular formula is C12H11Cl2N3O2. The summed E-state index contributed by atoms with van der Waals surface area (Å²) in [6.45, 7) is 1.99. The van der Waals surface area contributed by atoms with Gasteiger partial charge in [-0.05, 0) is 19.1 Å². The maximum Gasteiger partial charge on any atom is 0.341 e. The molecule has 3 N–H and O–H groups in total. The first-order valence-corrected chi connectivity index (χ1v) is 6.26. The normalized spacial score (nSPS) is 10.5. The zero-order valence-corrected chi connectivity index (χ0v) is 11.5. The van der Waals surface area contributed by atoms with E-state index >= 15 is 0 Å². The molecule has 0 saturated carbocycles. The Morgan fingerprint density at radius 3 is 2.84 bits per heavy atom. The van der Waals surface area contributed by atoms with Crippen LogP contribution in [0, 0.1) is 0 Å². The molecule has 0 unspecified atom stereocenters. The fourth-order valence-corrected chi connectivity index (χ4v) is 2.09. The minimum Gasteiger partial charge on any atom is -0.462 e. The molecule has 100 valence electrons. The Balaban J connectivity index is 2.70. The van der Waals surface area contributed by atoms with E-state index in [4.69, 9.17) is 33.8 Å². The van der Waals surface area contributed by atoms with Crippen LogP contribution in [0.3, 0.4) is 0 Å². The molecule has 19 heavy (non-hydrogen) atoms. The maximum absolute atomic E-state index is 11.8. The Morgan fingerprint density at radius 1 is 1.47 bits per heavy atom. The number of pyridine rings is 1. The lowest BCUT2D eigenvalue weighted by molar-refractivity contribution is 0.0527. The predicted molar refractivity (Wildman–Crippen MR) is 75.5 cm³/mol. The Kier molecular flexibility index (Phi) is 4.09. The summed E-state index contributed by atoms with van der Waals surface area (Å²) in [7, 11) is 0. The Morgan fingerprint density at radius 2 is 2.21 bits per heavy atom. The van der Waals surface area contributed by atoms with Crippen LogP contribution in [0.2, 0.25) is 10.0 Å². The van der Waals surface area contributed by atoms with E-state index in [1.165, 1.54) is 6.20 Å². The summed E-state index contributed by atoms with van der Waals surface area (Å²) in [5.41, 5.74) is 3.60. The molecule has 2 rings (SSSR count). The van der Waals surface area contributed by atoms with Gasteiger partial charge >= 0.3 is 5.97 Å². The van der Waals surface area contributed by atoms with Gasteiger partial charge in [-0.15, -0.1) is 0 Å². The second-order valence-corrected chi connectivity index (χ2v) is 4.45. The van der Waals surface area contributed by atoms with E-state index in [1.54, 1.807) is 19.1 Å². The number of nitrogens with one attached hydrogen (secondary N) is 1. The number of anilines is 1. The number of fused-ring (bicyclic) bond motifs is 1. The molecule has 0 fully saturated rings. The number of carbonyl (C=O) groups excluding carboxylic acids is 1. The van der Waals surface area contributed by atoms with Crippen molar-refractivity contribution in [1.29, 1.82) is 0 Å². The van der Waals surface area contributed by atoms with Crippen molar-refractivity contribution in [2.45, 2.75) is 6.92 Å². The van der Waals surface area contributed by atoms with E-state index in [0.717, 1.165) is 0 Å². The number of aromatic nitrogens is 1. The third-order valence-corrected chi connectivity index (χ3v) is 3.36. The number of hydrazine groups is 1. The van der Waals surface area contributed by atoms with Crippen molar-refractivity contribution in [2.24, 2.45) is 5.84 Å². The van der Waals surface area contributed by atoms with Crippen LogP contribution in [0.15, 0.2) is 18.3 Å². The van der Waals surface area contributed by atoms with Gasteiger partial charge in [0, 0.05) is 11.6 Å². The molecule has 0 radical (unpaired) electrons. The van der Waals surface area contributed by atoms with Crippen molar-refractivity contribution in [2.75, 3.05) is 12.0 Å². The van der Waals surface area contributed by atoms with E-state index in [1.807, 2.05) is 0 Å². The second kappa shape index (κ2) is 5.61. The summed E-state index contributed by atoms with van der Waals surface area (Å²) >= 11 is 12.0. The van der Waals surface area contributed by atoms with Crippen LogP contribution in [0.1, 0.15) is 17.3 Å². The lowest BCUT2D eigenvalue weighted by atomic mass is 10.1. The van der Waals surface area contributed by atoms with Gasteiger partial charge < -0.3 is 10.2 Å². The predicted octanol–water partition coefficient (Wildman–Crippen LogP) is 3.00. The molecule has 0 amide bonds. The van der Waals surface area contributed by atoms with Crippen LogP contribution in [-0.2, 0) is 4.74 Å². The van der Waals surface area contributed by atoms with Gasteiger partial charge in [0.1, 0.15) is 5.56 Å². The van der Waals surface area contributed by atoms with Crippen molar-refractivity contribution in [1.82, 2.24) is 4.98 Å². The number of ether oxygens (including phenoxy) is 1. The Bertz CT molecular complexity index is 646. The molecule has 0 saturated heterocycles. The zero-order valence-electron chi connectivity index (χ0n) is 10.0. The molecule has 1 aromatic heterocycles. The zero-order chi connectivity index (χ0) is 14.0. The molecule has 1 heterocycles. The highest BCUT2D eigenvalue weighted by atomic mass is 35.5. The second-order valence-electron chi connectivity index (χ2n) is 3.67. The van der Waals surface area contributed by atoms with E-state index in [9.17, 15) is 4.79 Å².